The smallest absolute Gasteiger partial charge is 0.325 e. The van der Waals surface area contributed by atoms with Crippen molar-refractivity contribution in [1.82, 2.24) is 10.2 Å². The fraction of sp³-hybridized carbons (Fsp3) is 0.652. The first-order valence-corrected chi connectivity index (χ1v) is 10.7. The number of hydrogen-bond donors (Lipinski definition) is 1. The lowest BCUT2D eigenvalue weighted by Crippen LogP contribution is -2.57. The van der Waals surface area contributed by atoms with Crippen molar-refractivity contribution in [3.05, 3.63) is 34.9 Å². The van der Waals surface area contributed by atoms with E-state index in [2.05, 4.69) is 30.4 Å². The number of aryl methyl sites for hydroxylation is 1. The Morgan fingerprint density at radius 2 is 1.96 bits per heavy atom. The molecule has 1 unspecified atom stereocenters. The Hall–Kier alpha value is -1.88. The molecule has 1 aliphatic heterocycles. The maximum Gasteiger partial charge on any atom is 0.325 e. The van der Waals surface area contributed by atoms with E-state index in [4.69, 9.17) is 4.74 Å². The van der Waals surface area contributed by atoms with E-state index >= 15 is 0 Å². The third-order valence-corrected chi connectivity index (χ3v) is 7.23. The van der Waals surface area contributed by atoms with Crippen molar-refractivity contribution in [1.29, 1.82) is 0 Å². The molecule has 1 atom stereocenters. The van der Waals surface area contributed by atoms with Crippen LogP contribution in [0.25, 0.3) is 0 Å². The molecule has 3 aliphatic rings. The van der Waals surface area contributed by atoms with E-state index in [9.17, 15) is 9.59 Å². The van der Waals surface area contributed by atoms with Crippen molar-refractivity contribution in [3.63, 3.8) is 0 Å². The Morgan fingerprint density at radius 1 is 1.25 bits per heavy atom. The minimum Gasteiger partial charge on any atom is -0.381 e. The monoisotopic (exact) mass is 384 g/mol. The molecular formula is C23H32N2O3. The molecule has 1 N–H and O–H groups in total. The molecule has 0 bridgehead atoms. The summed E-state index contributed by atoms with van der Waals surface area (Å²) in [5, 5.41) is 3.23. The van der Waals surface area contributed by atoms with E-state index in [1.165, 1.54) is 16.0 Å². The van der Waals surface area contributed by atoms with Crippen LogP contribution >= 0.6 is 0 Å². The predicted octanol–water partition coefficient (Wildman–Crippen LogP) is 3.93. The van der Waals surface area contributed by atoms with E-state index in [1.54, 1.807) is 7.11 Å². The van der Waals surface area contributed by atoms with Crippen molar-refractivity contribution in [3.8, 4) is 0 Å². The summed E-state index contributed by atoms with van der Waals surface area (Å²) in [6, 6.07) is 6.18. The summed E-state index contributed by atoms with van der Waals surface area (Å²) in [6.07, 6.45) is 6.78. The van der Waals surface area contributed by atoms with Crippen molar-refractivity contribution in [2.45, 2.75) is 83.4 Å². The molecule has 152 valence electrons. The van der Waals surface area contributed by atoms with Gasteiger partial charge in [-0.15, -0.1) is 0 Å². The number of benzene rings is 1. The zero-order valence-electron chi connectivity index (χ0n) is 17.5. The molecule has 1 saturated heterocycles. The van der Waals surface area contributed by atoms with Crippen molar-refractivity contribution >= 4 is 11.9 Å². The Kier molecular flexibility index (Phi) is 4.77. The Bertz CT molecular complexity index is 795. The molecule has 0 aromatic heterocycles. The lowest BCUT2D eigenvalue weighted by atomic mass is 9.61. The van der Waals surface area contributed by atoms with E-state index in [-0.39, 0.29) is 29.5 Å². The predicted molar refractivity (Wildman–Crippen MR) is 108 cm³/mol. The number of carbonyl (C=O) groups is 2. The van der Waals surface area contributed by atoms with Gasteiger partial charge in [0.2, 0.25) is 0 Å². The molecule has 5 nitrogen and oxygen atoms in total. The van der Waals surface area contributed by atoms with Crippen LogP contribution in [-0.4, -0.2) is 36.1 Å². The van der Waals surface area contributed by atoms with Gasteiger partial charge in [-0.3, -0.25) is 9.69 Å². The van der Waals surface area contributed by atoms with Crippen molar-refractivity contribution in [2.24, 2.45) is 5.41 Å². The standard InChI is InChI=1S/C23H32N2O3/c1-5-6-16-7-8-17-14-22(11-9-18(28-4)10-12-22)23(19(17)13-16)20(26)25(15(2)3)21(27)24-23/h7-8,13,15,18H,5-6,9-12,14H2,1-4H3,(H,24,27). The molecule has 4 rings (SSSR count). The van der Waals surface area contributed by atoms with E-state index in [1.807, 2.05) is 13.8 Å². The van der Waals surface area contributed by atoms with Crippen LogP contribution in [-0.2, 0) is 27.9 Å². The number of imide groups is 1. The van der Waals surface area contributed by atoms with E-state index in [0.717, 1.165) is 50.5 Å². The number of urea groups is 1. The quantitative estimate of drug-likeness (QED) is 0.801. The number of methoxy groups -OCH3 is 1. The molecule has 1 saturated carbocycles. The molecule has 2 fully saturated rings. The average molecular weight is 385 g/mol. The first-order chi connectivity index (χ1) is 13.4. The van der Waals surface area contributed by atoms with Gasteiger partial charge < -0.3 is 10.1 Å². The first-order valence-electron chi connectivity index (χ1n) is 10.7. The fourth-order valence-corrected chi connectivity index (χ4v) is 5.84. The molecule has 2 aliphatic carbocycles. The van der Waals surface area contributed by atoms with Crippen molar-refractivity contribution < 1.29 is 14.3 Å². The van der Waals surface area contributed by atoms with Crippen LogP contribution < -0.4 is 5.32 Å². The van der Waals surface area contributed by atoms with Gasteiger partial charge in [-0.1, -0.05) is 31.5 Å². The van der Waals surface area contributed by atoms with Crippen LogP contribution in [0.4, 0.5) is 4.79 Å². The zero-order chi connectivity index (χ0) is 20.1. The summed E-state index contributed by atoms with van der Waals surface area (Å²) < 4.78 is 5.60. The van der Waals surface area contributed by atoms with E-state index in [0.29, 0.717) is 0 Å². The van der Waals surface area contributed by atoms with Gasteiger partial charge in [-0.2, -0.15) is 0 Å². The molecule has 3 amide bonds. The molecule has 2 spiro atoms. The summed E-state index contributed by atoms with van der Waals surface area (Å²) in [7, 11) is 1.77. The van der Waals surface area contributed by atoms with Gasteiger partial charge >= 0.3 is 6.03 Å². The van der Waals surface area contributed by atoms with Gasteiger partial charge in [-0.05, 0) is 69.1 Å². The molecule has 1 aromatic carbocycles. The van der Waals surface area contributed by atoms with Gasteiger partial charge in [0.15, 0.2) is 5.54 Å². The normalized spacial score (nSPS) is 31.9. The third-order valence-electron chi connectivity index (χ3n) is 7.23. The van der Waals surface area contributed by atoms with Crippen LogP contribution in [0.5, 0.6) is 0 Å². The summed E-state index contributed by atoms with van der Waals surface area (Å²) in [5.74, 6) is -0.0595. The molecule has 1 aromatic rings. The highest BCUT2D eigenvalue weighted by Crippen LogP contribution is 2.60. The van der Waals surface area contributed by atoms with Crippen LogP contribution in [0.1, 0.15) is 69.6 Å². The van der Waals surface area contributed by atoms with Gasteiger partial charge in [0.25, 0.3) is 5.91 Å². The van der Waals surface area contributed by atoms with Gasteiger partial charge in [0.05, 0.1) is 6.10 Å². The number of hydrogen-bond acceptors (Lipinski definition) is 3. The fourth-order valence-electron chi connectivity index (χ4n) is 5.84. The summed E-state index contributed by atoms with van der Waals surface area (Å²) in [6.45, 7) is 5.99. The van der Waals surface area contributed by atoms with Gasteiger partial charge in [0.1, 0.15) is 0 Å². The Morgan fingerprint density at radius 3 is 2.54 bits per heavy atom. The maximum absolute atomic E-state index is 13.8. The second-order valence-electron chi connectivity index (χ2n) is 9.08. The van der Waals surface area contributed by atoms with Crippen LogP contribution in [0.2, 0.25) is 0 Å². The first kappa shape index (κ1) is 19.4. The highest BCUT2D eigenvalue weighted by Gasteiger charge is 2.68. The van der Waals surface area contributed by atoms with Crippen LogP contribution in [0.15, 0.2) is 18.2 Å². The molecule has 28 heavy (non-hydrogen) atoms. The zero-order valence-corrected chi connectivity index (χ0v) is 17.5. The largest absolute Gasteiger partial charge is 0.381 e. The molecule has 0 radical (unpaired) electrons. The van der Waals surface area contributed by atoms with Gasteiger partial charge in [0, 0.05) is 18.6 Å². The summed E-state index contributed by atoms with van der Waals surface area (Å²) >= 11 is 0. The molecule has 5 heteroatoms. The second-order valence-corrected chi connectivity index (χ2v) is 9.08. The van der Waals surface area contributed by atoms with Gasteiger partial charge in [-0.25, -0.2) is 4.79 Å². The Labute approximate surface area is 167 Å². The molecular weight excluding hydrogens is 352 g/mol. The number of nitrogens with one attached hydrogen (secondary N) is 1. The topological polar surface area (TPSA) is 58.6 Å². The second kappa shape index (κ2) is 6.87. The minimum atomic E-state index is -0.924. The highest BCUT2D eigenvalue weighted by molar-refractivity contribution is 6.09. The SMILES string of the molecule is CCCc1ccc2c(c1)C1(NC(=O)N(C(C)C)C1=O)C1(CCC(OC)CC1)C2. The lowest BCUT2D eigenvalue weighted by molar-refractivity contribution is -0.139. The maximum atomic E-state index is 13.8. The number of nitrogens with zero attached hydrogens (tertiary/aromatic N) is 1. The number of amides is 3. The number of rotatable bonds is 4. The van der Waals surface area contributed by atoms with Crippen LogP contribution in [0.3, 0.4) is 0 Å². The number of carbonyl (C=O) groups excluding carboxylic acids is 2. The molecule has 1 heterocycles. The number of ether oxygens (including phenoxy) is 1. The average Bonchev–Trinajstić information content (AvgIpc) is 3.09. The lowest BCUT2D eigenvalue weighted by Gasteiger charge is -2.46. The Balaban J connectivity index is 1.85. The number of fused-ring (bicyclic) bond motifs is 3. The summed E-state index contributed by atoms with van der Waals surface area (Å²) in [5.41, 5.74) is 2.32. The van der Waals surface area contributed by atoms with Crippen LogP contribution in [0, 0.1) is 5.41 Å². The highest BCUT2D eigenvalue weighted by atomic mass is 16.5. The summed E-state index contributed by atoms with van der Waals surface area (Å²) in [4.78, 5) is 28.2. The van der Waals surface area contributed by atoms with Crippen molar-refractivity contribution in [2.75, 3.05) is 7.11 Å². The minimum absolute atomic E-state index is 0.0595. The third kappa shape index (κ3) is 2.55. The van der Waals surface area contributed by atoms with E-state index < -0.39 is 5.54 Å².